The number of nitrogens with one attached hydrogen (secondary N) is 3. The van der Waals surface area contributed by atoms with Gasteiger partial charge >= 0.3 is 0 Å². The van der Waals surface area contributed by atoms with Crippen LogP contribution in [0.4, 0.5) is 5.69 Å². The van der Waals surface area contributed by atoms with E-state index in [0.717, 1.165) is 68.3 Å². The summed E-state index contributed by atoms with van der Waals surface area (Å²) >= 11 is 0. The van der Waals surface area contributed by atoms with Crippen molar-refractivity contribution in [3.63, 3.8) is 0 Å². The summed E-state index contributed by atoms with van der Waals surface area (Å²) in [6, 6.07) is 13.5. The summed E-state index contributed by atoms with van der Waals surface area (Å²) in [6.07, 6.45) is 5.13. The van der Waals surface area contributed by atoms with Crippen molar-refractivity contribution in [2.75, 3.05) is 25.6 Å². The first-order chi connectivity index (χ1) is 18.1. The molecule has 2 amide bonds. The van der Waals surface area contributed by atoms with Gasteiger partial charge in [-0.15, -0.1) is 0 Å². The Balaban J connectivity index is 1.24. The maximum atomic E-state index is 13.4. The molecule has 3 fully saturated rings. The standard InChI is InChI=1S/C28H33N5O4/c1-36-24-14-18(10-11-22(24)25-19-6-2-3-7-20(19)27(34)31-30-25)29-28(35)26-21-8-4-5-9-23(21)33(32-26)15-17-12-13-37-16-17/h4-5,8-11,14,17,19-20,25,30H,2-3,6-7,12-13,15-16H2,1H3,(H,29,35)(H,31,34). The van der Waals surface area contributed by atoms with Crippen LogP contribution in [-0.4, -0.2) is 41.9 Å². The number of methoxy groups -OCH3 is 1. The van der Waals surface area contributed by atoms with Crippen LogP contribution in [0.5, 0.6) is 5.75 Å². The Bertz CT molecular complexity index is 1320. The highest BCUT2D eigenvalue weighted by atomic mass is 16.5. The van der Waals surface area contributed by atoms with Gasteiger partial charge in [-0.05, 0) is 37.3 Å². The lowest BCUT2D eigenvalue weighted by Crippen LogP contribution is -2.55. The maximum Gasteiger partial charge on any atom is 0.276 e. The zero-order valence-electron chi connectivity index (χ0n) is 21.0. The van der Waals surface area contributed by atoms with E-state index in [0.29, 0.717) is 23.0 Å². The Morgan fingerprint density at radius 2 is 2.05 bits per heavy atom. The molecule has 3 aromatic rings. The fourth-order valence-corrected chi connectivity index (χ4v) is 6.18. The number of nitrogens with zero attached hydrogens (tertiary/aromatic N) is 2. The second-order valence-electron chi connectivity index (χ2n) is 10.4. The molecule has 3 N–H and O–H groups in total. The number of hydrogen-bond donors (Lipinski definition) is 3. The summed E-state index contributed by atoms with van der Waals surface area (Å²) in [6.45, 7) is 2.23. The minimum absolute atomic E-state index is 0.0169. The number of carbonyl (C=O) groups excluding carboxylic acids is 2. The second-order valence-corrected chi connectivity index (χ2v) is 10.4. The third-order valence-corrected chi connectivity index (χ3v) is 8.09. The molecule has 3 heterocycles. The molecule has 2 aromatic carbocycles. The lowest BCUT2D eigenvalue weighted by Gasteiger charge is -2.41. The van der Waals surface area contributed by atoms with E-state index in [1.807, 2.05) is 47.1 Å². The number of hydrogen-bond acceptors (Lipinski definition) is 6. The fraction of sp³-hybridized carbons (Fsp3) is 0.464. The summed E-state index contributed by atoms with van der Waals surface area (Å²) in [7, 11) is 1.63. The molecule has 6 rings (SSSR count). The Morgan fingerprint density at radius 3 is 2.89 bits per heavy atom. The molecule has 1 aliphatic carbocycles. The fourth-order valence-electron chi connectivity index (χ4n) is 6.18. The van der Waals surface area contributed by atoms with Crippen molar-refractivity contribution in [1.29, 1.82) is 0 Å². The first-order valence-corrected chi connectivity index (χ1v) is 13.2. The van der Waals surface area contributed by atoms with Gasteiger partial charge in [0.1, 0.15) is 5.75 Å². The van der Waals surface area contributed by atoms with Crippen LogP contribution in [0.1, 0.15) is 54.2 Å². The number of benzene rings is 2. The second kappa shape index (κ2) is 10.1. The van der Waals surface area contributed by atoms with E-state index in [-0.39, 0.29) is 29.7 Å². The molecule has 4 atom stereocenters. The van der Waals surface area contributed by atoms with E-state index in [4.69, 9.17) is 14.6 Å². The van der Waals surface area contributed by atoms with Crippen molar-refractivity contribution in [3.8, 4) is 5.75 Å². The van der Waals surface area contributed by atoms with Crippen LogP contribution >= 0.6 is 0 Å². The molecule has 1 aromatic heterocycles. The molecule has 9 heteroatoms. The molecule has 2 saturated heterocycles. The van der Waals surface area contributed by atoms with Crippen LogP contribution in [0, 0.1) is 17.8 Å². The zero-order chi connectivity index (χ0) is 25.4. The topological polar surface area (TPSA) is 107 Å². The summed E-state index contributed by atoms with van der Waals surface area (Å²) in [5, 5.41) is 8.55. The van der Waals surface area contributed by atoms with E-state index in [9.17, 15) is 9.59 Å². The van der Waals surface area contributed by atoms with Crippen LogP contribution in [0.15, 0.2) is 42.5 Å². The third kappa shape index (κ3) is 4.57. The van der Waals surface area contributed by atoms with E-state index in [1.54, 1.807) is 7.11 Å². The third-order valence-electron chi connectivity index (χ3n) is 8.09. The molecule has 2 aliphatic heterocycles. The number of carbonyl (C=O) groups is 2. The molecule has 0 spiro atoms. The maximum absolute atomic E-state index is 13.4. The number of amides is 2. The van der Waals surface area contributed by atoms with Gasteiger partial charge in [-0.1, -0.05) is 37.1 Å². The molecule has 4 unspecified atom stereocenters. The number of para-hydroxylation sites is 1. The van der Waals surface area contributed by atoms with Crippen molar-refractivity contribution >= 4 is 28.4 Å². The van der Waals surface area contributed by atoms with Gasteiger partial charge in [-0.3, -0.25) is 19.7 Å². The highest BCUT2D eigenvalue weighted by Crippen LogP contribution is 2.43. The normalized spacial score (nSPS) is 25.5. The van der Waals surface area contributed by atoms with Crippen molar-refractivity contribution < 1.29 is 19.1 Å². The van der Waals surface area contributed by atoms with Gasteiger partial charge in [0.15, 0.2) is 5.69 Å². The van der Waals surface area contributed by atoms with Crippen LogP contribution in [0.25, 0.3) is 10.9 Å². The highest BCUT2D eigenvalue weighted by molar-refractivity contribution is 6.11. The number of aromatic nitrogens is 2. The summed E-state index contributed by atoms with van der Waals surface area (Å²) in [4.78, 5) is 25.8. The van der Waals surface area contributed by atoms with Crippen molar-refractivity contribution in [2.24, 2.45) is 17.8 Å². The number of fused-ring (bicyclic) bond motifs is 2. The minimum Gasteiger partial charge on any atom is -0.496 e. The summed E-state index contributed by atoms with van der Waals surface area (Å²) < 4.78 is 13.2. The molecular weight excluding hydrogens is 470 g/mol. The molecule has 37 heavy (non-hydrogen) atoms. The number of rotatable bonds is 6. The largest absolute Gasteiger partial charge is 0.496 e. The average molecular weight is 504 g/mol. The quantitative estimate of drug-likeness (QED) is 0.472. The van der Waals surface area contributed by atoms with E-state index in [1.165, 1.54) is 0 Å². The van der Waals surface area contributed by atoms with E-state index in [2.05, 4.69) is 16.2 Å². The lowest BCUT2D eigenvalue weighted by molar-refractivity contribution is -0.133. The van der Waals surface area contributed by atoms with Crippen LogP contribution < -0.4 is 20.9 Å². The molecule has 3 aliphatic rings. The predicted octanol–water partition coefficient (Wildman–Crippen LogP) is 3.82. The molecule has 194 valence electrons. The smallest absolute Gasteiger partial charge is 0.276 e. The van der Waals surface area contributed by atoms with Gasteiger partial charge < -0.3 is 14.8 Å². The SMILES string of the molecule is COc1cc(NC(=O)c2nn(CC3CCOC3)c3ccccc23)ccc1C1NNC(=O)C2CCCCC21. The van der Waals surface area contributed by atoms with Crippen LogP contribution in [0.2, 0.25) is 0 Å². The van der Waals surface area contributed by atoms with Gasteiger partial charge in [-0.2, -0.15) is 5.10 Å². The molecule has 0 bridgehead atoms. The van der Waals surface area contributed by atoms with Crippen molar-refractivity contribution in [3.05, 3.63) is 53.7 Å². The molecular formula is C28H33N5O4. The van der Waals surface area contributed by atoms with Gasteiger partial charge in [0.25, 0.3) is 5.91 Å². The first kappa shape index (κ1) is 23.9. The number of ether oxygens (including phenoxy) is 2. The highest BCUT2D eigenvalue weighted by Gasteiger charge is 2.41. The first-order valence-electron chi connectivity index (χ1n) is 13.2. The monoisotopic (exact) mass is 503 g/mol. The molecule has 1 saturated carbocycles. The molecule has 9 nitrogen and oxygen atoms in total. The van der Waals surface area contributed by atoms with E-state index >= 15 is 0 Å². The molecule has 0 radical (unpaired) electrons. The Labute approximate surface area is 215 Å². The van der Waals surface area contributed by atoms with Crippen molar-refractivity contribution in [2.45, 2.75) is 44.7 Å². The van der Waals surface area contributed by atoms with E-state index < -0.39 is 0 Å². The van der Waals surface area contributed by atoms with Gasteiger partial charge in [0, 0.05) is 47.7 Å². The van der Waals surface area contributed by atoms with Crippen molar-refractivity contribution in [1.82, 2.24) is 20.6 Å². The average Bonchev–Trinajstić information content (AvgIpc) is 3.58. The predicted molar refractivity (Wildman–Crippen MR) is 139 cm³/mol. The summed E-state index contributed by atoms with van der Waals surface area (Å²) in [5.74, 6) is 1.13. The Kier molecular flexibility index (Phi) is 6.56. The Hall–Kier alpha value is -3.43. The zero-order valence-corrected chi connectivity index (χ0v) is 21.0. The van der Waals surface area contributed by atoms with Gasteiger partial charge in [0.2, 0.25) is 5.91 Å². The summed E-state index contributed by atoms with van der Waals surface area (Å²) in [5.41, 5.74) is 9.03. The Morgan fingerprint density at radius 1 is 1.19 bits per heavy atom. The minimum atomic E-state index is -0.261. The van der Waals surface area contributed by atoms with Gasteiger partial charge in [-0.25, -0.2) is 5.43 Å². The number of hydrazine groups is 1. The lowest BCUT2D eigenvalue weighted by atomic mass is 9.72. The van der Waals surface area contributed by atoms with Gasteiger partial charge in [0.05, 0.1) is 25.3 Å². The van der Waals surface area contributed by atoms with Crippen LogP contribution in [-0.2, 0) is 16.1 Å². The van der Waals surface area contributed by atoms with Crippen LogP contribution in [0.3, 0.4) is 0 Å². The number of anilines is 1.